The Morgan fingerprint density at radius 3 is 2.19 bits per heavy atom. The molecule has 1 heterocycles. The number of carbonyl (C=O) groups excluding carboxylic acids is 2. The molecule has 2 aliphatic rings. The van der Waals surface area contributed by atoms with Gasteiger partial charge in [-0.05, 0) is 43.9 Å². The van der Waals surface area contributed by atoms with Crippen LogP contribution in [0.1, 0.15) is 44.9 Å². The van der Waals surface area contributed by atoms with Crippen molar-refractivity contribution in [2.75, 3.05) is 18.4 Å². The Kier molecular flexibility index (Phi) is 7.07. The molecule has 0 radical (unpaired) electrons. The molecule has 1 aliphatic heterocycles. The molecular formula is C19H26Cl2N4O2. The fraction of sp³-hybridized carbons (Fsp3) is 0.579. The highest BCUT2D eigenvalue weighted by atomic mass is 35.5. The molecular weight excluding hydrogens is 387 g/mol. The molecule has 0 spiro atoms. The molecule has 1 aliphatic carbocycles. The van der Waals surface area contributed by atoms with Crippen LogP contribution in [0.2, 0.25) is 10.0 Å². The minimum Gasteiger partial charge on any atom is -0.335 e. The van der Waals surface area contributed by atoms with Crippen molar-refractivity contribution < 1.29 is 9.59 Å². The summed E-state index contributed by atoms with van der Waals surface area (Å²) in [6.07, 6.45) is 7.26. The van der Waals surface area contributed by atoms with Crippen LogP contribution in [0.25, 0.3) is 0 Å². The van der Waals surface area contributed by atoms with E-state index in [9.17, 15) is 9.59 Å². The van der Waals surface area contributed by atoms with E-state index >= 15 is 0 Å². The summed E-state index contributed by atoms with van der Waals surface area (Å²) in [5.41, 5.74) is 0.540. The van der Waals surface area contributed by atoms with Crippen molar-refractivity contribution in [1.82, 2.24) is 15.5 Å². The van der Waals surface area contributed by atoms with E-state index < -0.39 is 0 Å². The Hall–Kier alpha value is -1.66. The Labute approximate surface area is 170 Å². The van der Waals surface area contributed by atoms with Gasteiger partial charge in [-0.1, -0.05) is 42.5 Å². The van der Waals surface area contributed by atoms with Gasteiger partial charge in [0.15, 0.2) is 0 Å². The first-order chi connectivity index (χ1) is 13.0. The van der Waals surface area contributed by atoms with Crippen molar-refractivity contribution >= 4 is 41.0 Å². The maximum atomic E-state index is 12.4. The average molecular weight is 413 g/mol. The molecule has 1 aromatic rings. The summed E-state index contributed by atoms with van der Waals surface area (Å²) >= 11 is 12.0. The van der Waals surface area contributed by atoms with Crippen LogP contribution >= 0.6 is 23.2 Å². The number of nitrogens with one attached hydrogen (secondary N) is 3. The lowest BCUT2D eigenvalue weighted by Crippen LogP contribution is -2.51. The number of nitrogens with zero attached hydrogens (tertiary/aromatic N) is 1. The first kappa shape index (κ1) is 20.1. The van der Waals surface area contributed by atoms with Crippen LogP contribution in [0.5, 0.6) is 0 Å². The highest BCUT2D eigenvalue weighted by Crippen LogP contribution is 2.26. The van der Waals surface area contributed by atoms with Crippen LogP contribution in [0.4, 0.5) is 15.3 Å². The fourth-order valence-electron chi connectivity index (χ4n) is 3.67. The van der Waals surface area contributed by atoms with Crippen molar-refractivity contribution in [3.05, 3.63) is 28.2 Å². The minimum atomic E-state index is -0.190. The van der Waals surface area contributed by atoms with Crippen LogP contribution < -0.4 is 16.0 Å². The van der Waals surface area contributed by atoms with Gasteiger partial charge in [0.25, 0.3) is 0 Å². The number of piperidine rings is 1. The first-order valence-corrected chi connectivity index (χ1v) is 10.3. The van der Waals surface area contributed by atoms with Gasteiger partial charge >= 0.3 is 12.1 Å². The van der Waals surface area contributed by atoms with Crippen molar-refractivity contribution in [2.24, 2.45) is 0 Å². The monoisotopic (exact) mass is 412 g/mol. The summed E-state index contributed by atoms with van der Waals surface area (Å²) in [5.74, 6) is 0. The Morgan fingerprint density at radius 2 is 1.56 bits per heavy atom. The highest BCUT2D eigenvalue weighted by molar-refractivity contribution is 6.36. The van der Waals surface area contributed by atoms with Gasteiger partial charge in [-0.15, -0.1) is 0 Å². The standard InChI is InChI=1S/C19H26Cl2N4O2/c20-13-6-7-17(16(21)12-13)24-19(27)25-10-8-15(9-11-25)23-18(26)22-14-4-2-1-3-5-14/h6-7,12,14-15H,1-5,8-11H2,(H,24,27)(H2,22,23,26). The maximum absolute atomic E-state index is 12.4. The molecule has 0 atom stereocenters. The summed E-state index contributed by atoms with van der Waals surface area (Å²) in [5, 5.41) is 9.87. The normalized spacial score (nSPS) is 18.8. The van der Waals surface area contributed by atoms with Gasteiger partial charge in [-0.25, -0.2) is 9.59 Å². The number of carbonyl (C=O) groups is 2. The van der Waals surface area contributed by atoms with Gasteiger partial charge in [0.2, 0.25) is 0 Å². The molecule has 1 saturated carbocycles. The molecule has 2 fully saturated rings. The zero-order chi connectivity index (χ0) is 19.2. The van der Waals surface area contributed by atoms with Crippen LogP contribution in [-0.2, 0) is 0 Å². The third-order valence-electron chi connectivity index (χ3n) is 5.23. The second-order valence-electron chi connectivity index (χ2n) is 7.27. The van der Waals surface area contributed by atoms with E-state index in [1.165, 1.54) is 19.3 Å². The van der Waals surface area contributed by atoms with Gasteiger partial charge in [0, 0.05) is 30.2 Å². The Balaban J connectivity index is 1.41. The van der Waals surface area contributed by atoms with Crippen molar-refractivity contribution in [1.29, 1.82) is 0 Å². The number of amides is 4. The van der Waals surface area contributed by atoms with E-state index in [0.29, 0.717) is 34.9 Å². The quantitative estimate of drug-likeness (QED) is 0.677. The number of anilines is 1. The number of likely N-dealkylation sites (tertiary alicyclic amines) is 1. The van der Waals surface area contributed by atoms with Crippen LogP contribution in [-0.4, -0.2) is 42.1 Å². The molecule has 6 nitrogen and oxygen atoms in total. The third-order valence-corrected chi connectivity index (χ3v) is 5.78. The van der Waals surface area contributed by atoms with E-state index in [0.717, 1.165) is 25.7 Å². The average Bonchev–Trinajstić information content (AvgIpc) is 2.65. The number of hydrogen-bond acceptors (Lipinski definition) is 2. The van der Waals surface area contributed by atoms with Crippen molar-refractivity contribution in [2.45, 2.75) is 57.0 Å². The Morgan fingerprint density at radius 1 is 0.926 bits per heavy atom. The van der Waals surface area contributed by atoms with Crippen molar-refractivity contribution in [3.63, 3.8) is 0 Å². The highest BCUT2D eigenvalue weighted by Gasteiger charge is 2.25. The first-order valence-electron chi connectivity index (χ1n) is 9.59. The maximum Gasteiger partial charge on any atom is 0.321 e. The molecule has 4 amide bonds. The van der Waals surface area contributed by atoms with E-state index in [1.807, 2.05) is 0 Å². The smallest absolute Gasteiger partial charge is 0.321 e. The van der Waals surface area contributed by atoms with Gasteiger partial charge in [-0.3, -0.25) is 0 Å². The number of hydrogen-bond donors (Lipinski definition) is 3. The SMILES string of the molecule is O=C(NC1CCCCC1)NC1CCN(C(=O)Nc2ccc(Cl)cc2Cl)CC1. The molecule has 0 aromatic heterocycles. The zero-order valence-corrected chi connectivity index (χ0v) is 16.8. The van der Waals surface area contributed by atoms with Crippen LogP contribution in [0.3, 0.4) is 0 Å². The van der Waals surface area contributed by atoms with Crippen LogP contribution in [0, 0.1) is 0 Å². The van der Waals surface area contributed by atoms with Gasteiger partial charge in [-0.2, -0.15) is 0 Å². The summed E-state index contributed by atoms with van der Waals surface area (Å²) in [7, 11) is 0. The summed E-state index contributed by atoms with van der Waals surface area (Å²) in [6.45, 7) is 1.18. The minimum absolute atomic E-state index is 0.0854. The molecule has 27 heavy (non-hydrogen) atoms. The Bertz CT molecular complexity index is 672. The van der Waals surface area contributed by atoms with E-state index in [2.05, 4.69) is 16.0 Å². The lowest BCUT2D eigenvalue weighted by atomic mass is 9.96. The third kappa shape index (κ3) is 5.91. The summed E-state index contributed by atoms with van der Waals surface area (Å²) in [4.78, 5) is 26.3. The topological polar surface area (TPSA) is 73.5 Å². The second-order valence-corrected chi connectivity index (χ2v) is 8.11. The zero-order valence-electron chi connectivity index (χ0n) is 15.3. The van der Waals surface area contributed by atoms with Crippen LogP contribution in [0.15, 0.2) is 18.2 Å². The van der Waals surface area contributed by atoms with Gasteiger partial charge in [0.1, 0.15) is 0 Å². The molecule has 8 heteroatoms. The molecule has 0 bridgehead atoms. The van der Waals surface area contributed by atoms with E-state index in [-0.39, 0.29) is 18.1 Å². The molecule has 0 unspecified atom stereocenters. The van der Waals surface area contributed by atoms with E-state index in [1.54, 1.807) is 23.1 Å². The molecule has 148 valence electrons. The number of rotatable bonds is 3. The lowest BCUT2D eigenvalue weighted by Gasteiger charge is -2.33. The van der Waals surface area contributed by atoms with Gasteiger partial charge < -0.3 is 20.9 Å². The lowest BCUT2D eigenvalue weighted by molar-refractivity contribution is 0.186. The molecule has 1 aromatic carbocycles. The number of halogens is 2. The predicted octanol–water partition coefficient (Wildman–Crippen LogP) is 4.62. The molecule has 3 N–H and O–H groups in total. The largest absolute Gasteiger partial charge is 0.335 e. The predicted molar refractivity (Wildman–Crippen MR) is 109 cm³/mol. The second kappa shape index (κ2) is 9.51. The van der Waals surface area contributed by atoms with Gasteiger partial charge in [0.05, 0.1) is 10.7 Å². The van der Waals surface area contributed by atoms with Crippen molar-refractivity contribution in [3.8, 4) is 0 Å². The summed E-state index contributed by atoms with van der Waals surface area (Å²) in [6, 6.07) is 5.09. The molecule has 1 saturated heterocycles. The summed E-state index contributed by atoms with van der Waals surface area (Å²) < 4.78 is 0. The molecule has 3 rings (SSSR count). The van der Waals surface area contributed by atoms with E-state index in [4.69, 9.17) is 23.2 Å². The number of urea groups is 2. The number of benzene rings is 1. The fourth-order valence-corrected chi connectivity index (χ4v) is 4.13.